The number of carbonyl (C=O) groups is 1. The minimum atomic E-state index is -0.404. The molecule has 0 aromatic heterocycles. The maximum Gasteiger partial charge on any atom is 0.407 e. The first-order valence-corrected chi connectivity index (χ1v) is 4.82. The number of carbonyl (C=O) groups excluding carboxylic acids is 1. The quantitative estimate of drug-likeness (QED) is 0.454. The van der Waals surface area contributed by atoms with E-state index in [4.69, 9.17) is 11.1 Å². The number of alkyl carbamates (subject to hydrolysis) is 1. The maximum atomic E-state index is 10.9. The van der Waals surface area contributed by atoms with E-state index in [2.05, 4.69) is 10.1 Å². The highest BCUT2D eigenvalue weighted by Crippen LogP contribution is 2.23. The van der Waals surface area contributed by atoms with Crippen molar-refractivity contribution in [2.45, 2.75) is 31.7 Å². The second-order valence-electron chi connectivity index (χ2n) is 3.65. The summed E-state index contributed by atoms with van der Waals surface area (Å²) >= 11 is 0. The average Bonchev–Trinajstić information content (AvgIpc) is 2.18. The summed E-state index contributed by atoms with van der Waals surface area (Å²) in [6.07, 6.45) is 3.25. The van der Waals surface area contributed by atoms with Crippen LogP contribution in [0, 0.1) is 11.3 Å². The smallest absolute Gasteiger partial charge is 0.407 e. The lowest BCUT2D eigenvalue weighted by Gasteiger charge is -2.28. The zero-order chi connectivity index (χ0) is 10.6. The zero-order valence-corrected chi connectivity index (χ0v) is 8.38. The standard InChI is InChI=1S/C9H17N3O2/c1-14-9(13)12-7-4-2-3-6(5-7)8(10)11/h6-7H,2-5H2,1H3,(H3,10,11)(H,12,13). The molecule has 1 saturated carbocycles. The van der Waals surface area contributed by atoms with Gasteiger partial charge in [0.25, 0.3) is 0 Å². The minimum Gasteiger partial charge on any atom is -0.453 e. The van der Waals surface area contributed by atoms with E-state index in [1.165, 1.54) is 7.11 Å². The molecule has 0 aliphatic heterocycles. The van der Waals surface area contributed by atoms with Crippen LogP contribution in [0.5, 0.6) is 0 Å². The van der Waals surface area contributed by atoms with Gasteiger partial charge in [-0.15, -0.1) is 0 Å². The topological polar surface area (TPSA) is 88.2 Å². The number of nitrogens with one attached hydrogen (secondary N) is 2. The van der Waals surface area contributed by atoms with Crippen LogP contribution in [0.25, 0.3) is 0 Å². The molecule has 1 amide bonds. The molecular weight excluding hydrogens is 182 g/mol. The molecule has 5 nitrogen and oxygen atoms in total. The Kier molecular flexibility index (Phi) is 3.73. The molecule has 0 spiro atoms. The van der Waals surface area contributed by atoms with Crippen molar-refractivity contribution in [3.05, 3.63) is 0 Å². The van der Waals surface area contributed by atoms with Crippen molar-refractivity contribution in [1.82, 2.24) is 5.32 Å². The molecule has 0 saturated heterocycles. The normalized spacial score (nSPS) is 26.6. The van der Waals surface area contributed by atoms with Crippen LogP contribution < -0.4 is 11.1 Å². The van der Waals surface area contributed by atoms with E-state index in [-0.39, 0.29) is 17.8 Å². The number of amidine groups is 1. The predicted molar refractivity (Wildman–Crippen MR) is 53.2 cm³/mol. The Morgan fingerprint density at radius 1 is 1.57 bits per heavy atom. The summed E-state index contributed by atoms with van der Waals surface area (Å²) < 4.78 is 4.51. The highest BCUT2D eigenvalue weighted by Gasteiger charge is 2.24. The molecule has 4 N–H and O–H groups in total. The van der Waals surface area contributed by atoms with Crippen molar-refractivity contribution >= 4 is 11.9 Å². The van der Waals surface area contributed by atoms with E-state index >= 15 is 0 Å². The van der Waals surface area contributed by atoms with E-state index in [9.17, 15) is 4.79 Å². The molecule has 0 radical (unpaired) electrons. The summed E-state index contributed by atoms with van der Waals surface area (Å²) in [5, 5.41) is 10.1. The molecule has 2 unspecified atom stereocenters. The lowest BCUT2D eigenvalue weighted by molar-refractivity contribution is 0.162. The fourth-order valence-electron chi connectivity index (χ4n) is 1.83. The molecule has 1 fully saturated rings. The largest absolute Gasteiger partial charge is 0.453 e. The maximum absolute atomic E-state index is 10.9. The van der Waals surface area contributed by atoms with E-state index in [1.54, 1.807) is 0 Å². The molecule has 2 atom stereocenters. The van der Waals surface area contributed by atoms with Gasteiger partial charge in [-0.3, -0.25) is 5.41 Å². The number of ether oxygens (including phenoxy) is 1. The molecular formula is C9H17N3O2. The molecule has 0 aromatic carbocycles. The molecule has 5 heteroatoms. The number of nitrogens with two attached hydrogens (primary N) is 1. The van der Waals surface area contributed by atoms with Crippen LogP contribution in [0.15, 0.2) is 0 Å². The van der Waals surface area contributed by atoms with Gasteiger partial charge in [0.15, 0.2) is 0 Å². The Morgan fingerprint density at radius 2 is 2.29 bits per heavy atom. The van der Waals surface area contributed by atoms with Gasteiger partial charge in [-0.2, -0.15) is 0 Å². The molecule has 0 aromatic rings. The molecule has 0 bridgehead atoms. The summed E-state index contributed by atoms with van der Waals surface area (Å²) in [6, 6.07) is 0.102. The lowest BCUT2D eigenvalue weighted by Crippen LogP contribution is -2.41. The van der Waals surface area contributed by atoms with Crippen molar-refractivity contribution in [1.29, 1.82) is 5.41 Å². The Morgan fingerprint density at radius 3 is 2.86 bits per heavy atom. The van der Waals surface area contributed by atoms with Crippen LogP contribution in [0.4, 0.5) is 4.79 Å². The van der Waals surface area contributed by atoms with E-state index in [0.29, 0.717) is 0 Å². The predicted octanol–water partition coefficient (Wildman–Crippen LogP) is 0.837. The molecule has 80 valence electrons. The molecule has 0 heterocycles. The van der Waals surface area contributed by atoms with Gasteiger partial charge in [-0.05, 0) is 19.3 Å². The van der Waals surface area contributed by atoms with Gasteiger partial charge in [0.2, 0.25) is 0 Å². The minimum absolute atomic E-state index is 0.102. The molecule has 1 aliphatic rings. The highest BCUT2D eigenvalue weighted by molar-refractivity contribution is 5.79. The van der Waals surface area contributed by atoms with Crippen LogP contribution in [0.2, 0.25) is 0 Å². The first kappa shape index (κ1) is 10.8. The number of amides is 1. The summed E-state index contributed by atoms with van der Waals surface area (Å²) in [5.74, 6) is 0.340. The van der Waals surface area contributed by atoms with E-state index in [0.717, 1.165) is 25.7 Å². The van der Waals surface area contributed by atoms with Crippen molar-refractivity contribution in [2.75, 3.05) is 7.11 Å². The molecule has 1 aliphatic carbocycles. The van der Waals surface area contributed by atoms with Gasteiger partial charge in [0.1, 0.15) is 0 Å². The Labute approximate surface area is 83.5 Å². The second kappa shape index (κ2) is 4.83. The van der Waals surface area contributed by atoms with E-state index in [1.807, 2.05) is 0 Å². The first-order valence-electron chi connectivity index (χ1n) is 4.82. The Hall–Kier alpha value is -1.26. The molecule has 14 heavy (non-hydrogen) atoms. The lowest BCUT2D eigenvalue weighted by atomic mass is 9.85. The third-order valence-electron chi connectivity index (χ3n) is 2.62. The third kappa shape index (κ3) is 2.90. The van der Waals surface area contributed by atoms with Crippen molar-refractivity contribution < 1.29 is 9.53 Å². The number of rotatable bonds is 2. The van der Waals surface area contributed by atoms with Gasteiger partial charge in [0.05, 0.1) is 12.9 Å². The average molecular weight is 199 g/mol. The number of methoxy groups -OCH3 is 1. The van der Waals surface area contributed by atoms with Gasteiger partial charge in [-0.1, -0.05) is 6.42 Å². The summed E-state index contributed by atoms with van der Waals surface area (Å²) in [5.41, 5.74) is 5.43. The van der Waals surface area contributed by atoms with Gasteiger partial charge < -0.3 is 15.8 Å². The van der Waals surface area contributed by atoms with Gasteiger partial charge >= 0.3 is 6.09 Å². The number of hydrogen-bond donors (Lipinski definition) is 3. The fourth-order valence-corrected chi connectivity index (χ4v) is 1.83. The van der Waals surface area contributed by atoms with Crippen LogP contribution in [-0.2, 0) is 4.74 Å². The molecule has 1 rings (SSSR count). The van der Waals surface area contributed by atoms with Crippen molar-refractivity contribution in [3.63, 3.8) is 0 Å². The summed E-state index contributed by atoms with van der Waals surface area (Å²) in [7, 11) is 1.35. The second-order valence-corrected chi connectivity index (χ2v) is 3.65. The fraction of sp³-hybridized carbons (Fsp3) is 0.778. The number of hydrogen-bond acceptors (Lipinski definition) is 3. The van der Waals surface area contributed by atoms with Crippen molar-refractivity contribution in [3.8, 4) is 0 Å². The Balaban J connectivity index is 2.40. The van der Waals surface area contributed by atoms with Crippen LogP contribution in [0.3, 0.4) is 0 Å². The van der Waals surface area contributed by atoms with Crippen LogP contribution in [-0.4, -0.2) is 25.1 Å². The Bertz CT molecular complexity index is 230. The third-order valence-corrected chi connectivity index (χ3v) is 2.62. The van der Waals surface area contributed by atoms with Crippen LogP contribution >= 0.6 is 0 Å². The first-order chi connectivity index (χ1) is 6.63. The SMILES string of the molecule is COC(=O)NC1CCCC(C(=N)N)C1. The van der Waals surface area contributed by atoms with E-state index < -0.39 is 6.09 Å². The van der Waals surface area contributed by atoms with Crippen LogP contribution in [0.1, 0.15) is 25.7 Å². The monoisotopic (exact) mass is 199 g/mol. The van der Waals surface area contributed by atoms with Gasteiger partial charge in [-0.25, -0.2) is 4.79 Å². The summed E-state index contributed by atoms with van der Waals surface area (Å²) in [4.78, 5) is 10.9. The van der Waals surface area contributed by atoms with Gasteiger partial charge in [0, 0.05) is 12.0 Å². The highest BCUT2D eigenvalue weighted by atomic mass is 16.5. The van der Waals surface area contributed by atoms with Crippen molar-refractivity contribution in [2.24, 2.45) is 11.7 Å². The summed E-state index contributed by atoms with van der Waals surface area (Å²) in [6.45, 7) is 0. The zero-order valence-electron chi connectivity index (χ0n) is 8.38.